The summed E-state index contributed by atoms with van der Waals surface area (Å²) < 4.78 is 17.8. The largest absolute Gasteiger partial charge is 0.492 e. The van der Waals surface area contributed by atoms with Gasteiger partial charge in [0.15, 0.2) is 8.32 Å². The van der Waals surface area contributed by atoms with Crippen LogP contribution in [0.3, 0.4) is 0 Å². The van der Waals surface area contributed by atoms with Gasteiger partial charge >= 0.3 is 5.97 Å². The standard InChI is InChI=1S/C26H41BrClNO5Si/c1-11-32-20-14-17(27)13-18(22(20)28)23(30)19(24(31)33-12-2)15-29-21(25(3,4)5)16-34-35(9,10)26(6,7)8/h13-15,21,29H,11-12,16H2,1-10H3. The van der Waals surface area contributed by atoms with Crippen molar-refractivity contribution >= 4 is 47.6 Å². The first-order valence-electron chi connectivity index (χ1n) is 11.9. The number of carbonyl (C=O) groups excluding carboxylic acids is 2. The van der Waals surface area contributed by atoms with Crippen LogP contribution in [0.25, 0.3) is 0 Å². The normalized spacial score (nSPS) is 13.9. The number of benzene rings is 1. The smallest absolute Gasteiger partial charge is 0.343 e. The molecular weight excluding hydrogens is 550 g/mol. The number of rotatable bonds is 11. The lowest BCUT2D eigenvalue weighted by atomic mass is 9.87. The molecule has 9 heteroatoms. The lowest BCUT2D eigenvalue weighted by Crippen LogP contribution is -2.48. The minimum Gasteiger partial charge on any atom is -0.492 e. The molecule has 0 aliphatic heterocycles. The summed E-state index contributed by atoms with van der Waals surface area (Å²) in [6, 6.07) is 3.09. The van der Waals surface area contributed by atoms with Gasteiger partial charge < -0.3 is 19.2 Å². The number of halogens is 2. The number of hydrogen-bond acceptors (Lipinski definition) is 6. The van der Waals surface area contributed by atoms with E-state index in [0.717, 1.165) is 0 Å². The molecule has 198 valence electrons. The van der Waals surface area contributed by atoms with Gasteiger partial charge in [0.1, 0.15) is 11.3 Å². The molecule has 6 nitrogen and oxygen atoms in total. The van der Waals surface area contributed by atoms with Gasteiger partial charge in [-0.1, -0.05) is 69.1 Å². The average Bonchev–Trinajstić information content (AvgIpc) is 2.71. The van der Waals surface area contributed by atoms with Crippen molar-refractivity contribution < 1.29 is 23.5 Å². The zero-order valence-corrected chi connectivity index (χ0v) is 26.1. The second-order valence-corrected chi connectivity index (χ2v) is 17.1. The molecule has 1 rings (SSSR count). The Balaban J connectivity index is 3.39. The first kappa shape index (κ1) is 31.7. The maximum absolute atomic E-state index is 13.5. The third kappa shape index (κ3) is 8.92. The molecule has 0 bridgehead atoms. The highest BCUT2D eigenvalue weighted by Crippen LogP contribution is 2.37. The lowest BCUT2D eigenvalue weighted by molar-refractivity contribution is -0.138. The molecule has 0 aromatic heterocycles. The van der Waals surface area contributed by atoms with E-state index in [-0.39, 0.29) is 39.3 Å². The summed E-state index contributed by atoms with van der Waals surface area (Å²) in [6.07, 6.45) is 1.43. The van der Waals surface area contributed by atoms with Gasteiger partial charge in [0.2, 0.25) is 5.78 Å². The summed E-state index contributed by atoms with van der Waals surface area (Å²) in [5.74, 6) is -0.920. The molecule has 0 amide bonds. The number of nitrogens with one attached hydrogen (secondary N) is 1. The van der Waals surface area contributed by atoms with Crippen molar-refractivity contribution in [2.75, 3.05) is 19.8 Å². The van der Waals surface area contributed by atoms with Gasteiger partial charge in [-0.3, -0.25) is 4.79 Å². The van der Waals surface area contributed by atoms with Gasteiger partial charge in [-0.25, -0.2) is 4.79 Å². The molecule has 0 saturated carbocycles. The summed E-state index contributed by atoms with van der Waals surface area (Å²) in [5.41, 5.74) is -0.205. The third-order valence-electron chi connectivity index (χ3n) is 6.18. The van der Waals surface area contributed by atoms with E-state index < -0.39 is 20.1 Å². The summed E-state index contributed by atoms with van der Waals surface area (Å²) >= 11 is 9.87. The SMILES string of the molecule is CCOC(=O)C(=CNC(CO[Si](C)(C)C(C)(C)C)C(C)(C)C)C(=O)c1cc(Br)cc(OCC)c1Cl. The van der Waals surface area contributed by atoms with Gasteiger partial charge in [0, 0.05) is 16.2 Å². The number of ketones is 1. The Morgan fingerprint density at radius 2 is 1.71 bits per heavy atom. The van der Waals surface area contributed by atoms with Gasteiger partial charge in [-0.15, -0.1) is 0 Å². The quantitative estimate of drug-likeness (QED) is 0.0736. The highest BCUT2D eigenvalue weighted by molar-refractivity contribution is 9.10. The van der Waals surface area contributed by atoms with Crippen LogP contribution in [0.1, 0.15) is 65.7 Å². The Bertz CT molecular complexity index is 935. The second-order valence-electron chi connectivity index (χ2n) is 11.0. The van der Waals surface area contributed by atoms with Crippen LogP contribution in [-0.4, -0.2) is 45.9 Å². The zero-order valence-electron chi connectivity index (χ0n) is 22.7. The van der Waals surface area contributed by atoms with Crippen molar-refractivity contribution in [3.63, 3.8) is 0 Å². The molecule has 1 unspecified atom stereocenters. The van der Waals surface area contributed by atoms with Crippen molar-refractivity contribution in [3.8, 4) is 5.75 Å². The Kier molecular flexibility index (Phi) is 11.5. The molecule has 1 atom stereocenters. The molecule has 0 saturated heterocycles. The lowest BCUT2D eigenvalue weighted by Gasteiger charge is -2.39. The van der Waals surface area contributed by atoms with E-state index in [0.29, 0.717) is 23.4 Å². The van der Waals surface area contributed by atoms with Gasteiger partial charge in [-0.2, -0.15) is 0 Å². The van der Waals surface area contributed by atoms with Crippen LogP contribution in [0.2, 0.25) is 23.2 Å². The molecule has 35 heavy (non-hydrogen) atoms. The Morgan fingerprint density at radius 3 is 2.20 bits per heavy atom. The molecule has 1 aromatic carbocycles. The maximum atomic E-state index is 13.5. The minimum atomic E-state index is -2.00. The van der Waals surface area contributed by atoms with Gasteiger partial charge in [-0.05, 0) is 49.5 Å². The van der Waals surface area contributed by atoms with Crippen LogP contribution in [0.15, 0.2) is 28.4 Å². The summed E-state index contributed by atoms with van der Waals surface area (Å²) in [4.78, 5) is 26.3. The Hall–Kier alpha value is -1.35. The number of esters is 1. The van der Waals surface area contributed by atoms with E-state index in [9.17, 15) is 9.59 Å². The Morgan fingerprint density at radius 1 is 1.11 bits per heavy atom. The van der Waals surface area contributed by atoms with Crippen molar-refractivity contribution in [3.05, 3.63) is 39.0 Å². The predicted molar refractivity (Wildman–Crippen MR) is 149 cm³/mol. The van der Waals surface area contributed by atoms with E-state index >= 15 is 0 Å². The fraction of sp³-hybridized carbons (Fsp3) is 0.615. The van der Waals surface area contributed by atoms with Crippen LogP contribution >= 0.6 is 27.5 Å². The van der Waals surface area contributed by atoms with Crippen molar-refractivity contribution in [2.45, 2.75) is 79.6 Å². The van der Waals surface area contributed by atoms with Gasteiger partial charge in [0.05, 0.1) is 30.9 Å². The van der Waals surface area contributed by atoms with E-state index in [1.165, 1.54) is 6.20 Å². The first-order valence-corrected chi connectivity index (χ1v) is 16.0. The molecule has 0 fully saturated rings. The molecule has 0 aliphatic rings. The monoisotopic (exact) mass is 589 g/mol. The fourth-order valence-corrected chi connectivity index (χ4v) is 4.50. The highest BCUT2D eigenvalue weighted by atomic mass is 79.9. The van der Waals surface area contributed by atoms with E-state index in [1.807, 2.05) is 6.92 Å². The summed E-state index contributed by atoms with van der Waals surface area (Å²) in [7, 11) is -2.00. The summed E-state index contributed by atoms with van der Waals surface area (Å²) in [6.45, 7) is 21.7. The third-order valence-corrected chi connectivity index (χ3v) is 11.5. The molecule has 0 spiro atoms. The predicted octanol–water partition coefficient (Wildman–Crippen LogP) is 7.16. The maximum Gasteiger partial charge on any atom is 0.343 e. The summed E-state index contributed by atoms with van der Waals surface area (Å²) in [5, 5.41) is 3.48. The number of Topliss-reactive ketones (excluding diaryl/α,β-unsaturated/α-hetero) is 1. The van der Waals surface area contributed by atoms with Crippen molar-refractivity contribution in [1.29, 1.82) is 0 Å². The van der Waals surface area contributed by atoms with Gasteiger partial charge in [0.25, 0.3) is 0 Å². The molecule has 0 radical (unpaired) electrons. The van der Waals surface area contributed by atoms with Crippen LogP contribution in [0.4, 0.5) is 0 Å². The first-order chi connectivity index (χ1) is 16.0. The minimum absolute atomic E-state index is 0.0625. The van der Waals surface area contributed by atoms with Crippen LogP contribution < -0.4 is 10.1 Å². The van der Waals surface area contributed by atoms with Crippen molar-refractivity contribution in [2.24, 2.45) is 5.41 Å². The Labute approximate surface area is 225 Å². The molecule has 1 aromatic rings. The van der Waals surface area contributed by atoms with Crippen molar-refractivity contribution in [1.82, 2.24) is 5.32 Å². The fourth-order valence-electron chi connectivity index (χ4n) is 2.80. The zero-order chi connectivity index (χ0) is 27.2. The molecular formula is C26H41BrClNO5Si. The van der Waals surface area contributed by atoms with Crippen LogP contribution in [0, 0.1) is 5.41 Å². The second kappa shape index (κ2) is 12.7. The number of ether oxygens (including phenoxy) is 2. The molecule has 0 aliphatic carbocycles. The average molecular weight is 591 g/mol. The molecule has 0 heterocycles. The van der Waals surface area contributed by atoms with Crippen LogP contribution in [-0.2, 0) is 14.0 Å². The van der Waals surface area contributed by atoms with Crippen LogP contribution in [0.5, 0.6) is 5.75 Å². The number of carbonyl (C=O) groups is 2. The highest BCUT2D eigenvalue weighted by Gasteiger charge is 2.38. The van der Waals surface area contributed by atoms with E-state index in [2.05, 4.69) is 75.9 Å². The number of hydrogen-bond donors (Lipinski definition) is 1. The topological polar surface area (TPSA) is 73.9 Å². The van der Waals surface area contributed by atoms with E-state index in [1.54, 1.807) is 19.1 Å². The molecule has 1 N–H and O–H groups in total. The van der Waals surface area contributed by atoms with E-state index in [4.69, 9.17) is 25.5 Å².